The molecule has 0 fully saturated rings. The van der Waals surface area contributed by atoms with Crippen LogP contribution in [0.5, 0.6) is 5.88 Å². The minimum Gasteiger partial charge on any atom is -0.480 e. The molecule has 0 unspecified atom stereocenters. The predicted octanol–water partition coefficient (Wildman–Crippen LogP) is 1.31. The van der Waals surface area contributed by atoms with E-state index in [-0.39, 0.29) is 17.2 Å². The van der Waals surface area contributed by atoms with Crippen LogP contribution in [-0.2, 0) is 6.42 Å². The van der Waals surface area contributed by atoms with E-state index in [0.29, 0.717) is 24.1 Å². The van der Waals surface area contributed by atoms with E-state index in [1.165, 1.54) is 13.2 Å². The quantitative estimate of drug-likeness (QED) is 0.814. The summed E-state index contributed by atoms with van der Waals surface area (Å²) in [5, 5.41) is 8.95. The Morgan fingerprint density at radius 3 is 2.88 bits per heavy atom. The van der Waals surface area contributed by atoms with Gasteiger partial charge in [0.15, 0.2) is 5.78 Å². The van der Waals surface area contributed by atoms with Crippen molar-refractivity contribution in [1.29, 1.82) is 0 Å². The molecule has 1 aliphatic rings. The molecule has 0 atom stereocenters. The Balaban J connectivity index is 2.60. The second kappa shape index (κ2) is 3.92. The van der Waals surface area contributed by atoms with Gasteiger partial charge in [-0.2, -0.15) is 0 Å². The van der Waals surface area contributed by atoms with Gasteiger partial charge in [-0.25, -0.2) is 9.78 Å². The number of nitrogens with zero attached hydrogens (tertiary/aromatic N) is 1. The molecule has 0 saturated carbocycles. The number of hydrogen-bond donors (Lipinski definition) is 1. The summed E-state index contributed by atoms with van der Waals surface area (Å²) in [6.45, 7) is 0. The van der Waals surface area contributed by atoms with Gasteiger partial charge in [0.2, 0.25) is 5.88 Å². The summed E-state index contributed by atoms with van der Waals surface area (Å²) < 4.78 is 4.90. The van der Waals surface area contributed by atoms with Gasteiger partial charge >= 0.3 is 5.97 Å². The van der Waals surface area contributed by atoms with E-state index in [2.05, 4.69) is 4.98 Å². The van der Waals surface area contributed by atoms with E-state index in [0.717, 1.165) is 6.42 Å². The molecular weight excluding hydrogens is 210 g/mol. The lowest BCUT2D eigenvalue weighted by Crippen LogP contribution is -2.15. The summed E-state index contributed by atoms with van der Waals surface area (Å²) in [6, 6.07) is 1.37. The van der Waals surface area contributed by atoms with Crippen molar-refractivity contribution >= 4 is 11.8 Å². The zero-order valence-electron chi connectivity index (χ0n) is 8.82. The molecule has 1 aromatic rings. The Bertz CT molecular complexity index is 456. The van der Waals surface area contributed by atoms with E-state index in [1.54, 1.807) is 0 Å². The van der Waals surface area contributed by atoms with Crippen molar-refractivity contribution in [2.45, 2.75) is 19.3 Å². The van der Waals surface area contributed by atoms with E-state index < -0.39 is 5.97 Å². The molecule has 16 heavy (non-hydrogen) atoms. The Hall–Kier alpha value is -1.91. The fourth-order valence-corrected chi connectivity index (χ4v) is 1.82. The van der Waals surface area contributed by atoms with Crippen molar-refractivity contribution in [3.05, 3.63) is 22.9 Å². The largest absolute Gasteiger partial charge is 0.480 e. The fourth-order valence-electron chi connectivity index (χ4n) is 1.82. The lowest BCUT2D eigenvalue weighted by atomic mass is 9.93. The van der Waals surface area contributed by atoms with E-state index in [4.69, 9.17) is 9.84 Å². The summed E-state index contributed by atoms with van der Waals surface area (Å²) in [4.78, 5) is 26.6. The average Bonchev–Trinajstić information content (AvgIpc) is 2.27. The maximum absolute atomic E-state index is 11.6. The highest BCUT2D eigenvalue weighted by Gasteiger charge is 2.23. The van der Waals surface area contributed by atoms with Crippen molar-refractivity contribution in [2.75, 3.05) is 7.11 Å². The van der Waals surface area contributed by atoms with Gasteiger partial charge in [0.05, 0.1) is 12.8 Å². The first-order chi connectivity index (χ1) is 7.63. The number of pyridine rings is 1. The third-order valence-electron chi connectivity index (χ3n) is 2.61. The van der Waals surface area contributed by atoms with Crippen LogP contribution in [0.1, 0.15) is 39.3 Å². The number of ketones is 1. The number of hydrogen-bond acceptors (Lipinski definition) is 4. The molecule has 0 spiro atoms. The molecule has 5 nitrogen and oxygen atoms in total. The molecule has 0 aromatic carbocycles. The molecule has 0 saturated heterocycles. The van der Waals surface area contributed by atoms with Crippen LogP contribution in [-0.4, -0.2) is 29.0 Å². The Morgan fingerprint density at radius 1 is 1.50 bits per heavy atom. The zero-order valence-corrected chi connectivity index (χ0v) is 8.82. The summed E-state index contributed by atoms with van der Waals surface area (Å²) in [7, 11) is 1.37. The van der Waals surface area contributed by atoms with Crippen LogP contribution in [0.4, 0.5) is 0 Å². The van der Waals surface area contributed by atoms with Crippen LogP contribution < -0.4 is 4.74 Å². The molecule has 84 valence electrons. The number of carboxylic acids is 1. The molecule has 1 N–H and O–H groups in total. The second-order valence-corrected chi connectivity index (χ2v) is 3.62. The number of aryl methyl sites for hydroxylation is 1. The van der Waals surface area contributed by atoms with Crippen LogP contribution in [0.15, 0.2) is 6.07 Å². The van der Waals surface area contributed by atoms with Gasteiger partial charge in [0.25, 0.3) is 0 Å². The van der Waals surface area contributed by atoms with Gasteiger partial charge in [0.1, 0.15) is 5.56 Å². The summed E-state index contributed by atoms with van der Waals surface area (Å²) >= 11 is 0. The third-order valence-corrected chi connectivity index (χ3v) is 2.61. The molecular formula is C11H11NO4. The topological polar surface area (TPSA) is 76.5 Å². The van der Waals surface area contributed by atoms with Crippen molar-refractivity contribution < 1.29 is 19.4 Å². The van der Waals surface area contributed by atoms with Crippen molar-refractivity contribution in [2.24, 2.45) is 0 Å². The van der Waals surface area contributed by atoms with E-state index in [9.17, 15) is 9.59 Å². The Morgan fingerprint density at radius 2 is 2.25 bits per heavy atom. The highest BCUT2D eigenvalue weighted by Crippen LogP contribution is 2.25. The predicted molar refractivity (Wildman–Crippen MR) is 55.0 cm³/mol. The zero-order chi connectivity index (χ0) is 11.7. The SMILES string of the molecule is COc1nc2c(cc1C(=O)O)C(=O)CCC2. The molecule has 0 aliphatic heterocycles. The molecule has 1 heterocycles. The summed E-state index contributed by atoms with van der Waals surface area (Å²) in [6.07, 6.45) is 1.91. The Kier molecular flexibility index (Phi) is 2.60. The van der Waals surface area contributed by atoms with Crippen molar-refractivity contribution in [1.82, 2.24) is 4.98 Å². The molecule has 0 bridgehead atoms. The highest BCUT2D eigenvalue weighted by atomic mass is 16.5. The molecule has 5 heteroatoms. The number of aromatic nitrogens is 1. The van der Waals surface area contributed by atoms with E-state index >= 15 is 0 Å². The average molecular weight is 221 g/mol. The van der Waals surface area contributed by atoms with E-state index in [1.807, 2.05) is 0 Å². The smallest absolute Gasteiger partial charge is 0.341 e. The van der Waals surface area contributed by atoms with Gasteiger partial charge in [-0.1, -0.05) is 0 Å². The fraction of sp³-hybridized carbons (Fsp3) is 0.364. The number of carboxylic acid groups (broad SMARTS) is 1. The molecule has 2 rings (SSSR count). The van der Waals surface area contributed by atoms with Crippen LogP contribution >= 0.6 is 0 Å². The minimum absolute atomic E-state index is 0.0427. The summed E-state index contributed by atoms with van der Waals surface area (Å²) in [5.41, 5.74) is 0.999. The van der Waals surface area contributed by atoms with Gasteiger partial charge in [0, 0.05) is 12.0 Å². The maximum Gasteiger partial charge on any atom is 0.341 e. The first kappa shape index (κ1) is 10.6. The van der Waals surface area contributed by atoms with Crippen LogP contribution in [0, 0.1) is 0 Å². The van der Waals surface area contributed by atoms with Gasteiger partial charge in [-0.15, -0.1) is 0 Å². The number of carbonyl (C=O) groups is 2. The number of methoxy groups -OCH3 is 1. The van der Waals surface area contributed by atoms with Crippen LogP contribution in [0.2, 0.25) is 0 Å². The van der Waals surface area contributed by atoms with Crippen LogP contribution in [0.25, 0.3) is 0 Å². The first-order valence-electron chi connectivity index (χ1n) is 4.98. The highest BCUT2D eigenvalue weighted by molar-refractivity contribution is 6.01. The number of ether oxygens (including phenoxy) is 1. The second-order valence-electron chi connectivity index (χ2n) is 3.62. The van der Waals surface area contributed by atoms with Crippen molar-refractivity contribution in [3.8, 4) is 5.88 Å². The normalized spacial score (nSPS) is 14.4. The first-order valence-corrected chi connectivity index (χ1v) is 4.98. The lowest BCUT2D eigenvalue weighted by molar-refractivity contribution is 0.0692. The molecule has 1 aliphatic carbocycles. The third kappa shape index (κ3) is 1.64. The van der Waals surface area contributed by atoms with Gasteiger partial charge in [-0.05, 0) is 18.9 Å². The lowest BCUT2D eigenvalue weighted by Gasteiger charge is -2.15. The van der Waals surface area contributed by atoms with Gasteiger partial charge < -0.3 is 9.84 Å². The van der Waals surface area contributed by atoms with Gasteiger partial charge in [-0.3, -0.25) is 4.79 Å². The summed E-state index contributed by atoms with van der Waals surface area (Å²) in [5.74, 6) is -1.11. The Labute approximate surface area is 92.1 Å². The number of aromatic carboxylic acids is 1. The molecule has 0 radical (unpaired) electrons. The number of rotatable bonds is 2. The van der Waals surface area contributed by atoms with Crippen molar-refractivity contribution in [3.63, 3.8) is 0 Å². The monoisotopic (exact) mass is 221 g/mol. The molecule has 0 amide bonds. The molecule has 1 aromatic heterocycles. The minimum atomic E-state index is -1.13. The number of fused-ring (bicyclic) bond motifs is 1. The number of carbonyl (C=O) groups excluding carboxylic acids is 1. The number of Topliss-reactive ketones (excluding diaryl/α,β-unsaturated/α-hetero) is 1. The standard InChI is InChI=1S/C11H11NO4/c1-16-10-7(11(14)15)5-6-8(12-10)3-2-4-9(6)13/h5H,2-4H2,1H3,(H,14,15). The maximum atomic E-state index is 11.6. The van der Waals surface area contributed by atoms with Crippen LogP contribution in [0.3, 0.4) is 0 Å².